The summed E-state index contributed by atoms with van der Waals surface area (Å²) in [5.41, 5.74) is -0.0513. The molecule has 0 spiro atoms. The van der Waals surface area contributed by atoms with Gasteiger partial charge in [-0.2, -0.15) is 5.10 Å². The lowest BCUT2D eigenvalue weighted by molar-refractivity contribution is -0.385. The van der Waals surface area contributed by atoms with Gasteiger partial charge in [0.15, 0.2) is 0 Å². The van der Waals surface area contributed by atoms with E-state index < -0.39 is 4.92 Å². The van der Waals surface area contributed by atoms with Crippen molar-refractivity contribution in [1.82, 2.24) is 20.0 Å². The molecule has 1 aliphatic heterocycles. The molecule has 2 rings (SSSR count). The molecule has 2 heterocycles. The molecule has 18 heavy (non-hydrogen) atoms. The second-order valence-electron chi connectivity index (χ2n) is 4.10. The maximum Gasteiger partial charge on any atom is 0.306 e. The minimum Gasteiger partial charge on any atom is -0.340 e. The average molecular weight is 253 g/mol. The second kappa shape index (κ2) is 5.58. The summed E-state index contributed by atoms with van der Waals surface area (Å²) < 4.78 is 1.43. The van der Waals surface area contributed by atoms with Crippen molar-refractivity contribution in [2.45, 2.75) is 13.0 Å². The number of nitro groups is 1. The first-order chi connectivity index (χ1) is 8.66. The quantitative estimate of drug-likeness (QED) is 0.583. The van der Waals surface area contributed by atoms with E-state index in [-0.39, 0.29) is 11.6 Å². The third kappa shape index (κ3) is 3.04. The predicted molar refractivity (Wildman–Crippen MR) is 62.9 cm³/mol. The first-order valence-corrected chi connectivity index (χ1v) is 5.82. The highest BCUT2D eigenvalue weighted by Crippen LogP contribution is 2.08. The fourth-order valence-electron chi connectivity index (χ4n) is 1.85. The van der Waals surface area contributed by atoms with Crippen LogP contribution in [0.3, 0.4) is 0 Å². The van der Waals surface area contributed by atoms with Crippen LogP contribution in [0.2, 0.25) is 0 Å². The molecule has 0 atom stereocenters. The van der Waals surface area contributed by atoms with E-state index in [0.717, 1.165) is 26.2 Å². The van der Waals surface area contributed by atoms with Gasteiger partial charge in [-0.3, -0.25) is 19.6 Å². The van der Waals surface area contributed by atoms with Crippen LogP contribution >= 0.6 is 0 Å². The molecule has 0 aliphatic carbocycles. The fourth-order valence-corrected chi connectivity index (χ4v) is 1.85. The van der Waals surface area contributed by atoms with Crippen LogP contribution in [-0.4, -0.2) is 51.7 Å². The molecule has 0 bridgehead atoms. The standard InChI is InChI=1S/C10H15N5O3/c16-10(13-5-2-11-3-6-13)1-4-14-8-9(7-12-14)15(17)18/h7-8,11H,1-6H2. The van der Waals surface area contributed by atoms with E-state index in [1.54, 1.807) is 4.90 Å². The number of carbonyl (C=O) groups is 1. The van der Waals surface area contributed by atoms with E-state index in [1.807, 2.05) is 0 Å². The predicted octanol–water partition coefficient (Wildman–Crippen LogP) is -0.387. The molecule has 1 aliphatic rings. The number of nitrogens with one attached hydrogen (secondary N) is 1. The number of carbonyl (C=O) groups excluding carboxylic acids is 1. The highest BCUT2D eigenvalue weighted by atomic mass is 16.6. The topological polar surface area (TPSA) is 93.3 Å². The number of aryl methyl sites for hydroxylation is 1. The molecule has 0 saturated carbocycles. The van der Waals surface area contributed by atoms with Gasteiger partial charge in [0.1, 0.15) is 12.4 Å². The van der Waals surface area contributed by atoms with Gasteiger partial charge in [0.2, 0.25) is 5.91 Å². The molecular weight excluding hydrogens is 238 g/mol. The lowest BCUT2D eigenvalue weighted by atomic mass is 10.3. The molecule has 0 radical (unpaired) electrons. The molecule has 98 valence electrons. The molecule has 1 aromatic rings. The van der Waals surface area contributed by atoms with Crippen molar-refractivity contribution in [2.24, 2.45) is 0 Å². The second-order valence-corrected chi connectivity index (χ2v) is 4.10. The van der Waals surface area contributed by atoms with Crippen LogP contribution in [0.1, 0.15) is 6.42 Å². The van der Waals surface area contributed by atoms with Gasteiger partial charge in [-0.25, -0.2) is 0 Å². The monoisotopic (exact) mass is 253 g/mol. The van der Waals surface area contributed by atoms with Gasteiger partial charge in [-0.05, 0) is 0 Å². The first-order valence-electron chi connectivity index (χ1n) is 5.82. The zero-order valence-corrected chi connectivity index (χ0v) is 9.91. The summed E-state index contributed by atoms with van der Waals surface area (Å²) in [6.45, 7) is 3.45. The lowest BCUT2D eigenvalue weighted by Crippen LogP contribution is -2.46. The molecule has 8 nitrogen and oxygen atoms in total. The Morgan fingerprint density at radius 2 is 2.22 bits per heavy atom. The summed E-state index contributed by atoms with van der Waals surface area (Å²) in [6.07, 6.45) is 2.85. The van der Waals surface area contributed by atoms with Crippen molar-refractivity contribution in [3.63, 3.8) is 0 Å². The van der Waals surface area contributed by atoms with Gasteiger partial charge in [0.05, 0.1) is 4.92 Å². The Hall–Kier alpha value is -1.96. The van der Waals surface area contributed by atoms with Crippen LogP contribution in [0.4, 0.5) is 5.69 Å². The lowest BCUT2D eigenvalue weighted by Gasteiger charge is -2.27. The number of aromatic nitrogens is 2. The van der Waals surface area contributed by atoms with Crippen LogP contribution in [0.15, 0.2) is 12.4 Å². The smallest absolute Gasteiger partial charge is 0.306 e. The first kappa shape index (κ1) is 12.5. The number of piperazine rings is 1. The highest BCUT2D eigenvalue weighted by molar-refractivity contribution is 5.76. The van der Waals surface area contributed by atoms with Crippen molar-refractivity contribution in [2.75, 3.05) is 26.2 Å². The summed E-state index contributed by atoms with van der Waals surface area (Å²) in [4.78, 5) is 23.6. The van der Waals surface area contributed by atoms with Crippen molar-refractivity contribution in [3.05, 3.63) is 22.5 Å². The Morgan fingerprint density at radius 1 is 1.50 bits per heavy atom. The largest absolute Gasteiger partial charge is 0.340 e. The van der Waals surface area contributed by atoms with E-state index >= 15 is 0 Å². The Balaban J connectivity index is 1.82. The van der Waals surface area contributed by atoms with Crippen molar-refractivity contribution >= 4 is 11.6 Å². The van der Waals surface area contributed by atoms with Gasteiger partial charge in [-0.15, -0.1) is 0 Å². The average Bonchev–Trinajstić information content (AvgIpc) is 2.86. The third-order valence-electron chi connectivity index (χ3n) is 2.85. The number of hydrogen-bond acceptors (Lipinski definition) is 5. The maximum atomic E-state index is 11.8. The van der Waals surface area contributed by atoms with Crippen LogP contribution in [-0.2, 0) is 11.3 Å². The summed E-state index contributed by atoms with van der Waals surface area (Å²) >= 11 is 0. The van der Waals surface area contributed by atoms with E-state index in [9.17, 15) is 14.9 Å². The van der Waals surface area contributed by atoms with Crippen LogP contribution < -0.4 is 5.32 Å². The van der Waals surface area contributed by atoms with Crippen LogP contribution in [0.25, 0.3) is 0 Å². The molecule has 1 N–H and O–H groups in total. The number of nitrogens with zero attached hydrogens (tertiary/aromatic N) is 4. The SMILES string of the molecule is O=C(CCn1cc([N+](=O)[O-])cn1)N1CCNCC1. The highest BCUT2D eigenvalue weighted by Gasteiger charge is 2.16. The molecule has 0 aromatic carbocycles. The summed E-state index contributed by atoms with van der Waals surface area (Å²) in [5.74, 6) is 0.0645. The van der Waals surface area contributed by atoms with Crippen molar-refractivity contribution < 1.29 is 9.72 Å². The minimum atomic E-state index is -0.498. The van der Waals surface area contributed by atoms with E-state index in [1.165, 1.54) is 17.1 Å². The zero-order chi connectivity index (χ0) is 13.0. The van der Waals surface area contributed by atoms with Gasteiger partial charge < -0.3 is 10.2 Å². The van der Waals surface area contributed by atoms with Gasteiger partial charge >= 0.3 is 5.69 Å². The zero-order valence-electron chi connectivity index (χ0n) is 9.91. The van der Waals surface area contributed by atoms with Crippen molar-refractivity contribution in [1.29, 1.82) is 0 Å². The maximum absolute atomic E-state index is 11.8. The molecule has 0 unspecified atom stereocenters. The normalized spacial score (nSPS) is 15.7. The fraction of sp³-hybridized carbons (Fsp3) is 0.600. The summed E-state index contributed by atoms with van der Waals surface area (Å²) in [5, 5.41) is 17.5. The molecule has 1 amide bonds. The van der Waals surface area contributed by atoms with Gasteiger partial charge in [0.25, 0.3) is 0 Å². The molecule has 1 aromatic heterocycles. The van der Waals surface area contributed by atoms with E-state index in [2.05, 4.69) is 10.4 Å². The molecular formula is C10H15N5O3. The van der Waals surface area contributed by atoms with Gasteiger partial charge in [0, 0.05) is 39.1 Å². The van der Waals surface area contributed by atoms with E-state index in [4.69, 9.17) is 0 Å². The van der Waals surface area contributed by atoms with Crippen molar-refractivity contribution in [3.8, 4) is 0 Å². The Morgan fingerprint density at radius 3 is 2.83 bits per heavy atom. The summed E-state index contributed by atoms with van der Waals surface area (Å²) in [6, 6.07) is 0. The van der Waals surface area contributed by atoms with Crippen LogP contribution in [0.5, 0.6) is 0 Å². The Labute approximate surface area is 104 Å². The van der Waals surface area contributed by atoms with E-state index in [0.29, 0.717) is 13.0 Å². The molecule has 8 heteroatoms. The summed E-state index contributed by atoms with van der Waals surface area (Å²) in [7, 11) is 0. The number of amides is 1. The van der Waals surface area contributed by atoms with Gasteiger partial charge in [-0.1, -0.05) is 0 Å². The number of rotatable bonds is 4. The van der Waals surface area contributed by atoms with Crippen LogP contribution in [0, 0.1) is 10.1 Å². The molecule has 1 fully saturated rings. The third-order valence-corrected chi connectivity index (χ3v) is 2.85. The molecule has 1 saturated heterocycles. The Kier molecular flexibility index (Phi) is 3.88. The number of hydrogen-bond donors (Lipinski definition) is 1. The Bertz CT molecular complexity index is 438. The minimum absolute atomic E-state index is 0.0513.